The Morgan fingerprint density at radius 3 is 1.82 bits per heavy atom. The highest BCUT2D eigenvalue weighted by atomic mass is 16.4. The van der Waals surface area contributed by atoms with Gasteiger partial charge >= 0.3 is 11.9 Å². The Hall–Kier alpha value is -1.92. The molecule has 6 heteroatoms. The molecule has 1 aromatic rings. The molecule has 0 bridgehead atoms. The van der Waals surface area contributed by atoms with Crippen LogP contribution in [0.1, 0.15) is 38.4 Å². The summed E-state index contributed by atoms with van der Waals surface area (Å²) in [6, 6.07) is 9.90. The van der Waals surface area contributed by atoms with Gasteiger partial charge in [-0.25, -0.2) is 9.59 Å². The Morgan fingerprint density at radius 2 is 1.45 bits per heavy atom. The number of hydrogen-bond acceptors (Lipinski definition) is 4. The number of hydrogen-bond donors (Lipinski definition) is 3. The average Bonchev–Trinajstić information content (AvgIpc) is 2.49. The Bertz CT molecular complexity index is 417. The smallest absolute Gasteiger partial charge is 0.414 e. The molecule has 0 saturated carbocycles. The summed E-state index contributed by atoms with van der Waals surface area (Å²) < 4.78 is 0. The zero-order valence-electron chi connectivity index (χ0n) is 13.1. The van der Waals surface area contributed by atoms with Crippen LogP contribution in [0, 0.1) is 0 Å². The van der Waals surface area contributed by atoms with Crippen LogP contribution in [-0.4, -0.2) is 51.8 Å². The second kappa shape index (κ2) is 11.7. The maximum absolute atomic E-state index is 10.1. The van der Waals surface area contributed by atoms with Gasteiger partial charge in [-0.1, -0.05) is 44.2 Å². The third-order valence-corrected chi connectivity index (χ3v) is 2.88. The largest absolute Gasteiger partial charge is 0.473 e. The minimum atomic E-state index is -1.82. The lowest BCUT2D eigenvalue weighted by Crippen LogP contribution is -2.30. The number of rotatable bonds is 7. The van der Waals surface area contributed by atoms with E-state index in [-0.39, 0.29) is 6.10 Å². The Morgan fingerprint density at radius 1 is 1.00 bits per heavy atom. The second-order valence-electron chi connectivity index (χ2n) is 4.84. The molecule has 1 aromatic carbocycles. The third kappa shape index (κ3) is 9.10. The van der Waals surface area contributed by atoms with E-state index in [9.17, 15) is 5.11 Å². The van der Waals surface area contributed by atoms with Crippen molar-refractivity contribution in [1.82, 2.24) is 4.90 Å². The number of nitrogens with zero attached hydrogens (tertiary/aromatic N) is 1. The standard InChI is InChI=1S/C14H23NO.C2H2O4/c1-3-10-15(11-4-2)12-14(16)13-8-6-5-7-9-13;3-1(4)2(5)6/h5-9,14,16H,3-4,10-12H2,1-2H3;(H,3,4)(H,5,6). The predicted octanol–water partition coefficient (Wildman–Crippen LogP) is 2.00. The summed E-state index contributed by atoms with van der Waals surface area (Å²) in [6.07, 6.45) is 1.92. The zero-order valence-corrected chi connectivity index (χ0v) is 13.1. The van der Waals surface area contributed by atoms with Gasteiger partial charge in [0.1, 0.15) is 0 Å². The van der Waals surface area contributed by atoms with Crippen molar-refractivity contribution in [1.29, 1.82) is 0 Å². The number of aliphatic hydroxyl groups excluding tert-OH is 1. The number of carboxylic acids is 2. The van der Waals surface area contributed by atoms with Gasteiger partial charge in [0.05, 0.1) is 6.10 Å². The molecule has 0 fully saturated rings. The lowest BCUT2D eigenvalue weighted by Gasteiger charge is -2.24. The molecule has 0 aliphatic heterocycles. The molecule has 1 unspecified atom stereocenters. The maximum Gasteiger partial charge on any atom is 0.414 e. The molecular formula is C16H25NO5. The Kier molecular flexibility index (Phi) is 10.7. The van der Waals surface area contributed by atoms with E-state index < -0.39 is 11.9 Å². The number of benzene rings is 1. The van der Waals surface area contributed by atoms with E-state index in [1.807, 2.05) is 30.3 Å². The highest BCUT2D eigenvalue weighted by Crippen LogP contribution is 2.13. The first-order chi connectivity index (χ1) is 10.4. The average molecular weight is 311 g/mol. The van der Waals surface area contributed by atoms with Crippen molar-refractivity contribution >= 4 is 11.9 Å². The fourth-order valence-corrected chi connectivity index (χ4v) is 1.95. The van der Waals surface area contributed by atoms with Crippen molar-refractivity contribution in [2.45, 2.75) is 32.8 Å². The van der Waals surface area contributed by atoms with Gasteiger partial charge < -0.3 is 20.2 Å². The maximum atomic E-state index is 10.1. The minimum Gasteiger partial charge on any atom is -0.473 e. The van der Waals surface area contributed by atoms with Crippen LogP contribution in [0.2, 0.25) is 0 Å². The van der Waals surface area contributed by atoms with Crippen molar-refractivity contribution < 1.29 is 24.9 Å². The van der Waals surface area contributed by atoms with E-state index >= 15 is 0 Å². The monoisotopic (exact) mass is 311 g/mol. The highest BCUT2D eigenvalue weighted by Gasteiger charge is 2.11. The third-order valence-electron chi connectivity index (χ3n) is 2.88. The van der Waals surface area contributed by atoms with E-state index in [0.717, 1.165) is 38.0 Å². The van der Waals surface area contributed by atoms with Crippen LogP contribution in [0.3, 0.4) is 0 Å². The van der Waals surface area contributed by atoms with E-state index in [0.29, 0.717) is 0 Å². The Labute approximate surface area is 131 Å². The first-order valence-corrected chi connectivity index (χ1v) is 7.33. The summed E-state index contributed by atoms with van der Waals surface area (Å²) in [7, 11) is 0. The molecule has 0 aliphatic rings. The number of aliphatic carboxylic acids is 2. The van der Waals surface area contributed by atoms with Crippen molar-refractivity contribution in [3.8, 4) is 0 Å². The van der Waals surface area contributed by atoms with Gasteiger partial charge in [0.2, 0.25) is 0 Å². The van der Waals surface area contributed by atoms with Gasteiger partial charge in [-0.2, -0.15) is 0 Å². The van der Waals surface area contributed by atoms with Crippen LogP contribution in [0.4, 0.5) is 0 Å². The normalized spacial score (nSPS) is 11.5. The van der Waals surface area contributed by atoms with Crippen LogP contribution in [-0.2, 0) is 9.59 Å². The number of aliphatic hydroxyl groups is 1. The van der Waals surface area contributed by atoms with Crippen molar-refractivity contribution in [2.24, 2.45) is 0 Å². The van der Waals surface area contributed by atoms with Crippen molar-refractivity contribution in [3.05, 3.63) is 35.9 Å². The molecule has 1 rings (SSSR count). The van der Waals surface area contributed by atoms with Crippen LogP contribution in [0.25, 0.3) is 0 Å². The Balaban J connectivity index is 0.000000626. The van der Waals surface area contributed by atoms with Gasteiger partial charge in [0.15, 0.2) is 0 Å². The summed E-state index contributed by atoms with van der Waals surface area (Å²) in [5.41, 5.74) is 1.01. The van der Waals surface area contributed by atoms with E-state index in [2.05, 4.69) is 18.7 Å². The fraction of sp³-hybridized carbons (Fsp3) is 0.500. The summed E-state index contributed by atoms with van der Waals surface area (Å²) in [4.78, 5) is 20.5. The first-order valence-electron chi connectivity index (χ1n) is 7.33. The van der Waals surface area contributed by atoms with Crippen LogP contribution >= 0.6 is 0 Å². The molecule has 0 radical (unpaired) electrons. The molecule has 0 aliphatic carbocycles. The van der Waals surface area contributed by atoms with Gasteiger partial charge in [-0.05, 0) is 31.5 Å². The SMILES string of the molecule is CCCN(CCC)CC(O)c1ccccc1.O=C(O)C(=O)O. The lowest BCUT2D eigenvalue weighted by molar-refractivity contribution is -0.159. The van der Waals surface area contributed by atoms with E-state index in [1.54, 1.807) is 0 Å². The summed E-state index contributed by atoms with van der Waals surface area (Å²) in [5.74, 6) is -3.65. The van der Waals surface area contributed by atoms with Gasteiger partial charge in [-0.15, -0.1) is 0 Å². The predicted molar refractivity (Wildman–Crippen MR) is 83.7 cm³/mol. The number of carbonyl (C=O) groups is 2. The molecule has 22 heavy (non-hydrogen) atoms. The first kappa shape index (κ1) is 20.1. The fourth-order valence-electron chi connectivity index (χ4n) is 1.95. The van der Waals surface area contributed by atoms with Crippen molar-refractivity contribution in [2.75, 3.05) is 19.6 Å². The highest BCUT2D eigenvalue weighted by molar-refractivity contribution is 6.27. The number of carboxylic acid groups (broad SMARTS) is 2. The van der Waals surface area contributed by atoms with Crippen molar-refractivity contribution in [3.63, 3.8) is 0 Å². The van der Waals surface area contributed by atoms with E-state index in [4.69, 9.17) is 19.8 Å². The molecule has 6 nitrogen and oxygen atoms in total. The molecule has 0 spiro atoms. The quantitative estimate of drug-likeness (QED) is 0.666. The molecule has 0 heterocycles. The summed E-state index contributed by atoms with van der Waals surface area (Å²) in [5, 5.41) is 24.9. The van der Waals surface area contributed by atoms with Gasteiger partial charge in [0, 0.05) is 6.54 Å². The molecule has 1 atom stereocenters. The summed E-state index contributed by atoms with van der Waals surface area (Å²) in [6.45, 7) is 7.23. The van der Waals surface area contributed by atoms with Crippen LogP contribution < -0.4 is 0 Å². The molecule has 3 N–H and O–H groups in total. The van der Waals surface area contributed by atoms with Crippen LogP contribution in [0.15, 0.2) is 30.3 Å². The molecular weight excluding hydrogens is 286 g/mol. The molecule has 0 aromatic heterocycles. The lowest BCUT2D eigenvalue weighted by atomic mass is 10.1. The molecule has 124 valence electrons. The minimum absolute atomic E-state index is 0.362. The van der Waals surface area contributed by atoms with Gasteiger partial charge in [-0.3, -0.25) is 0 Å². The topological polar surface area (TPSA) is 98.1 Å². The van der Waals surface area contributed by atoms with Crippen LogP contribution in [0.5, 0.6) is 0 Å². The molecule has 0 amide bonds. The second-order valence-corrected chi connectivity index (χ2v) is 4.84. The zero-order chi connectivity index (χ0) is 17.0. The van der Waals surface area contributed by atoms with Gasteiger partial charge in [0.25, 0.3) is 0 Å². The summed E-state index contributed by atoms with van der Waals surface area (Å²) >= 11 is 0. The molecule has 0 saturated heterocycles. The van der Waals surface area contributed by atoms with E-state index in [1.165, 1.54) is 0 Å².